The van der Waals surface area contributed by atoms with Crippen LogP contribution in [0.4, 0.5) is 4.79 Å². The molecule has 3 N–H and O–H groups in total. The van der Waals surface area contributed by atoms with Crippen molar-refractivity contribution in [2.24, 2.45) is 5.73 Å². The van der Waals surface area contributed by atoms with Crippen molar-refractivity contribution >= 4 is 12.0 Å². The molecule has 7 nitrogen and oxygen atoms in total. The van der Waals surface area contributed by atoms with Gasteiger partial charge in [-0.3, -0.25) is 4.79 Å². The van der Waals surface area contributed by atoms with E-state index < -0.39 is 6.09 Å². The van der Waals surface area contributed by atoms with E-state index in [0.29, 0.717) is 31.8 Å². The summed E-state index contributed by atoms with van der Waals surface area (Å²) in [6.45, 7) is 1.40. The van der Waals surface area contributed by atoms with Crippen LogP contribution in [0.2, 0.25) is 0 Å². The van der Waals surface area contributed by atoms with Gasteiger partial charge in [0.15, 0.2) is 11.5 Å². The molecule has 0 spiro atoms. The topological polar surface area (TPSA) is 99.9 Å². The van der Waals surface area contributed by atoms with Crippen molar-refractivity contribution in [1.82, 2.24) is 5.32 Å². The van der Waals surface area contributed by atoms with Gasteiger partial charge in [-0.25, -0.2) is 4.79 Å². The van der Waals surface area contributed by atoms with Gasteiger partial charge < -0.3 is 25.3 Å². The minimum Gasteiger partial charge on any atom is -0.493 e. The lowest BCUT2D eigenvalue weighted by atomic mass is 10.1. The third-order valence-corrected chi connectivity index (χ3v) is 3.67. The van der Waals surface area contributed by atoms with Gasteiger partial charge in [0.25, 0.3) is 0 Å². The highest BCUT2D eigenvalue weighted by Gasteiger charge is 2.16. The fourth-order valence-electron chi connectivity index (χ4n) is 2.46. The Morgan fingerprint density at radius 2 is 2.04 bits per heavy atom. The van der Waals surface area contributed by atoms with Crippen LogP contribution in [0.5, 0.6) is 11.5 Å². The molecule has 126 valence electrons. The highest BCUT2D eigenvalue weighted by molar-refractivity contribution is 5.76. The highest BCUT2D eigenvalue weighted by Crippen LogP contribution is 2.28. The molecule has 23 heavy (non-hydrogen) atoms. The van der Waals surface area contributed by atoms with Crippen LogP contribution in [-0.2, 0) is 16.0 Å². The largest absolute Gasteiger partial charge is 0.493 e. The monoisotopic (exact) mass is 322 g/mol. The number of methoxy groups -OCH3 is 1. The van der Waals surface area contributed by atoms with Gasteiger partial charge in [-0.05, 0) is 37.0 Å². The Labute approximate surface area is 135 Å². The Kier molecular flexibility index (Phi) is 6.22. The molecule has 2 amide bonds. The third kappa shape index (κ3) is 5.45. The van der Waals surface area contributed by atoms with Crippen molar-refractivity contribution in [1.29, 1.82) is 0 Å². The summed E-state index contributed by atoms with van der Waals surface area (Å²) < 4.78 is 15.3. The number of aryl methyl sites for hydroxylation is 1. The van der Waals surface area contributed by atoms with Gasteiger partial charge >= 0.3 is 6.09 Å². The third-order valence-electron chi connectivity index (χ3n) is 3.67. The molecule has 1 saturated heterocycles. The lowest BCUT2D eigenvalue weighted by Crippen LogP contribution is -2.38. The molecular weight excluding hydrogens is 300 g/mol. The van der Waals surface area contributed by atoms with Gasteiger partial charge in [0, 0.05) is 25.7 Å². The molecule has 1 aliphatic rings. The molecule has 1 aromatic carbocycles. The minimum atomic E-state index is -0.896. The number of hydrogen-bond donors (Lipinski definition) is 2. The number of carbonyl (C=O) groups is 2. The van der Waals surface area contributed by atoms with E-state index in [4.69, 9.17) is 19.9 Å². The Morgan fingerprint density at radius 3 is 2.70 bits per heavy atom. The Morgan fingerprint density at radius 1 is 1.30 bits per heavy atom. The Hall–Kier alpha value is -2.28. The van der Waals surface area contributed by atoms with Crippen LogP contribution < -0.4 is 20.5 Å². The van der Waals surface area contributed by atoms with Crippen molar-refractivity contribution in [3.05, 3.63) is 23.8 Å². The first-order valence-corrected chi connectivity index (χ1v) is 7.60. The van der Waals surface area contributed by atoms with E-state index in [9.17, 15) is 9.59 Å². The molecule has 0 aliphatic carbocycles. The van der Waals surface area contributed by atoms with Crippen LogP contribution in [0.1, 0.15) is 24.8 Å². The molecular formula is C16H22N2O5. The molecule has 0 aromatic heterocycles. The first-order chi connectivity index (χ1) is 11.1. The van der Waals surface area contributed by atoms with Crippen molar-refractivity contribution in [3.8, 4) is 11.5 Å². The maximum atomic E-state index is 12.0. The first kappa shape index (κ1) is 17.1. The smallest absolute Gasteiger partial charge is 0.410 e. The fourth-order valence-corrected chi connectivity index (χ4v) is 2.46. The van der Waals surface area contributed by atoms with Crippen molar-refractivity contribution in [2.75, 3.05) is 20.3 Å². The molecule has 0 saturated carbocycles. The van der Waals surface area contributed by atoms with Gasteiger partial charge in [0.2, 0.25) is 5.91 Å². The number of nitrogens with two attached hydrogens (primary N) is 1. The average Bonchev–Trinajstić information content (AvgIpc) is 2.54. The average molecular weight is 322 g/mol. The summed E-state index contributed by atoms with van der Waals surface area (Å²) in [5, 5.41) is 3.02. The molecule has 1 heterocycles. The van der Waals surface area contributed by atoms with E-state index in [1.54, 1.807) is 18.2 Å². The van der Waals surface area contributed by atoms with Crippen LogP contribution in [0, 0.1) is 0 Å². The normalized spacial score (nSPS) is 15.0. The van der Waals surface area contributed by atoms with Gasteiger partial charge in [-0.15, -0.1) is 0 Å². The van der Waals surface area contributed by atoms with Crippen molar-refractivity contribution in [2.45, 2.75) is 31.7 Å². The molecule has 0 radical (unpaired) electrons. The minimum absolute atomic E-state index is 0.0216. The predicted octanol–water partition coefficient (Wildman–Crippen LogP) is 1.38. The van der Waals surface area contributed by atoms with E-state index >= 15 is 0 Å². The summed E-state index contributed by atoms with van der Waals surface area (Å²) in [7, 11) is 1.48. The zero-order chi connectivity index (χ0) is 16.7. The number of amides is 2. The van der Waals surface area contributed by atoms with Gasteiger partial charge in [0.1, 0.15) is 0 Å². The van der Waals surface area contributed by atoms with Gasteiger partial charge in [-0.2, -0.15) is 0 Å². The van der Waals surface area contributed by atoms with E-state index in [2.05, 4.69) is 5.32 Å². The molecule has 1 aliphatic heterocycles. The second kappa shape index (κ2) is 8.38. The lowest BCUT2D eigenvalue weighted by Gasteiger charge is -2.23. The molecule has 0 bridgehead atoms. The number of rotatable bonds is 6. The van der Waals surface area contributed by atoms with E-state index in [1.165, 1.54) is 7.11 Å². The molecule has 2 rings (SSSR count). The van der Waals surface area contributed by atoms with Crippen molar-refractivity contribution < 1.29 is 23.8 Å². The van der Waals surface area contributed by atoms with Gasteiger partial charge in [0.05, 0.1) is 7.11 Å². The summed E-state index contributed by atoms with van der Waals surface area (Å²) in [6.07, 6.45) is 1.78. The van der Waals surface area contributed by atoms with E-state index in [-0.39, 0.29) is 17.7 Å². The summed E-state index contributed by atoms with van der Waals surface area (Å²) in [6, 6.07) is 5.33. The number of benzene rings is 1. The zero-order valence-corrected chi connectivity index (χ0v) is 13.2. The van der Waals surface area contributed by atoms with Crippen LogP contribution in [-0.4, -0.2) is 38.4 Å². The molecule has 0 unspecified atom stereocenters. The number of ether oxygens (including phenoxy) is 3. The molecule has 0 atom stereocenters. The van der Waals surface area contributed by atoms with Crippen LogP contribution >= 0.6 is 0 Å². The molecule has 1 aromatic rings. The van der Waals surface area contributed by atoms with Crippen LogP contribution in [0.15, 0.2) is 18.2 Å². The van der Waals surface area contributed by atoms with Crippen molar-refractivity contribution in [3.63, 3.8) is 0 Å². The van der Waals surface area contributed by atoms with E-state index in [1.807, 2.05) is 0 Å². The van der Waals surface area contributed by atoms with Gasteiger partial charge in [-0.1, -0.05) is 6.07 Å². The SMILES string of the molecule is COc1cc(CCC(=O)NC2CCOCC2)ccc1OC(N)=O. The number of primary amides is 1. The summed E-state index contributed by atoms with van der Waals surface area (Å²) in [5.41, 5.74) is 5.91. The second-order valence-electron chi connectivity index (χ2n) is 5.36. The van der Waals surface area contributed by atoms with Crippen LogP contribution in [0.25, 0.3) is 0 Å². The standard InChI is InChI=1S/C16H22N2O5/c1-21-14-10-11(2-4-13(14)23-16(17)20)3-5-15(19)18-12-6-8-22-9-7-12/h2,4,10,12H,3,5-9H2,1H3,(H2,17,20)(H,18,19). The Balaban J connectivity index is 1.87. The maximum absolute atomic E-state index is 12.0. The predicted molar refractivity (Wildman–Crippen MR) is 83.5 cm³/mol. The maximum Gasteiger partial charge on any atom is 0.410 e. The molecule has 1 fully saturated rings. The number of nitrogens with one attached hydrogen (secondary N) is 1. The van der Waals surface area contributed by atoms with E-state index in [0.717, 1.165) is 18.4 Å². The highest BCUT2D eigenvalue weighted by atomic mass is 16.6. The number of carbonyl (C=O) groups excluding carboxylic acids is 2. The zero-order valence-electron chi connectivity index (χ0n) is 13.2. The second-order valence-corrected chi connectivity index (χ2v) is 5.36. The summed E-state index contributed by atoms with van der Waals surface area (Å²) >= 11 is 0. The first-order valence-electron chi connectivity index (χ1n) is 7.60. The quantitative estimate of drug-likeness (QED) is 0.824. The summed E-state index contributed by atoms with van der Waals surface area (Å²) in [5.74, 6) is 0.690. The van der Waals surface area contributed by atoms with Crippen LogP contribution in [0.3, 0.4) is 0 Å². The fraction of sp³-hybridized carbons (Fsp3) is 0.500. The summed E-state index contributed by atoms with van der Waals surface area (Å²) in [4.78, 5) is 22.8. The molecule has 7 heteroatoms. The number of hydrogen-bond acceptors (Lipinski definition) is 5. The Bertz CT molecular complexity index is 555. The lowest BCUT2D eigenvalue weighted by molar-refractivity contribution is -0.122.